The molecule has 0 radical (unpaired) electrons. The number of hydrogen-bond donors (Lipinski definition) is 2. The van der Waals surface area contributed by atoms with E-state index < -0.39 is 0 Å². The molecule has 1 heterocycles. The third kappa shape index (κ3) is 1.01. The molecule has 0 amide bonds. The van der Waals surface area contributed by atoms with Crippen molar-refractivity contribution in [3.63, 3.8) is 0 Å². The molecular formula is C9H16N2. The Morgan fingerprint density at radius 3 is 3.27 bits per heavy atom. The molecule has 11 heavy (non-hydrogen) atoms. The Bertz CT molecular complexity index is 176. The van der Waals surface area contributed by atoms with Crippen LogP contribution >= 0.6 is 0 Å². The molecule has 3 N–H and O–H groups in total. The van der Waals surface area contributed by atoms with E-state index in [-0.39, 0.29) is 0 Å². The minimum absolute atomic E-state index is 0.411. The van der Waals surface area contributed by atoms with Crippen molar-refractivity contribution in [2.24, 2.45) is 17.1 Å². The molecule has 2 nitrogen and oxygen atoms in total. The van der Waals surface area contributed by atoms with Crippen LogP contribution in [-0.4, -0.2) is 19.6 Å². The molecule has 1 fully saturated rings. The largest absolute Gasteiger partial charge is 0.330 e. The van der Waals surface area contributed by atoms with E-state index >= 15 is 0 Å². The summed E-state index contributed by atoms with van der Waals surface area (Å²) in [6, 6.07) is 0. The lowest BCUT2D eigenvalue weighted by Gasteiger charge is -2.34. The van der Waals surface area contributed by atoms with Gasteiger partial charge in [0.2, 0.25) is 0 Å². The predicted octanol–water partition coefficient (Wildman–Crippen LogP) is 0.501. The molecule has 2 aliphatic rings. The summed E-state index contributed by atoms with van der Waals surface area (Å²) in [4.78, 5) is 0. The Morgan fingerprint density at radius 2 is 2.55 bits per heavy atom. The fourth-order valence-corrected chi connectivity index (χ4v) is 2.33. The zero-order valence-electron chi connectivity index (χ0n) is 6.84. The fourth-order valence-electron chi connectivity index (χ4n) is 2.33. The van der Waals surface area contributed by atoms with Gasteiger partial charge in [-0.15, -0.1) is 0 Å². The Kier molecular flexibility index (Phi) is 1.74. The van der Waals surface area contributed by atoms with Crippen LogP contribution in [0.5, 0.6) is 0 Å². The van der Waals surface area contributed by atoms with Gasteiger partial charge in [0.15, 0.2) is 0 Å². The van der Waals surface area contributed by atoms with E-state index in [0.29, 0.717) is 11.3 Å². The smallest absolute Gasteiger partial charge is 0.00280 e. The molecular weight excluding hydrogens is 136 g/mol. The van der Waals surface area contributed by atoms with Gasteiger partial charge in [0.25, 0.3) is 0 Å². The van der Waals surface area contributed by atoms with Gasteiger partial charge in [-0.3, -0.25) is 0 Å². The van der Waals surface area contributed by atoms with Crippen LogP contribution < -0.4 is 11.1 Å². The molecule has 0 aromatic carbocycles. The van der Waals surface area contributed by atoms with Gasteiger partial charge >= 0.3 is 0 Å². The SMILES string of the molecule is NCC12CCC=CC1CNC2. The second-order valence-electron chi connectivity index (χ2n) is 3.77. The first-order chi connectivity index (χ1) is 5.37. The number of nitrogens with one attached hydrogen (secondary N) is 1. The first-order valence-corrected chi connectivity index (χ1v) is 4.45. The molecule has 0 aromatic heterocycles. The van der Waals surface area contributed by atoms with Gasteiger partial charge in [-0.25, -0.2) is 0 Å². The lowest BCUT2D eigenvalue weighted by atomic mass is 9.71. The Balaban J connectivity index is 2.21. The van der Waals surface area contributed by atoms with Crippen molar-refractivity contribution in [3.8, 4) is 0 Å². The number of rotatable bonds is 1. The minimum atomic E-state index is 0.411. The highest BCUT2D eigenvalue weighted by atomic mass is 14.9. The summed E-state index contributed by atoms with van der Waals surface area (Å²) in [6.07, 6.45) is 7.13. The molecule has 1 aliphatic heterocycles. The number of hydrogen-bond acceptors (Lipinski definition) is 2. The van der Waals surface area contributed by atoms with Crippen molar-refractivity contribution in [3.05, 3.63) is 12.2 Å². The third-order valence-electron chi connectivity index (χ3n) is 3.21. The normalized spacial score (nSPS) is 42.5. The van der Waals surface area contributed by atoms with Gasteiger partial charge in [0.1, 0.15) is 0 Å². The van der Waals surface area contributed by atoms with Gasteiger partial charge in [0.05, 0.1) is 0 Å². The molecule has 2 atom stereocenters. The maximum Gasteiger partial charge on any atom is 0.00280 e. The molecule has 62 valence electrons. The fraction of sp³-hybridized carbons (Fsp3) is 0.778. The molecule has 0 saturated carbocycles. The Hall–Kier alpha value is -0.340. The first-order valence-electron chi connectivity index (χ1n) is 4.45. The van der Waals surface area contributed by atoms with Crippen LogP contribution in [0, 0.1) is 11.3 Å². The van der Waals surface area contributed by atoms with Crippen LogP contribution in [0.1, 0.15) is 12.8 Å². The van der Waals surface area contributed by atoms with Gasteiger partial charge < -0.3 is 11.1 Å². The number of nitrogens with two attached hydrogens (primary N) is 1. The average Bonchev–Trinajstić information content (AvgIpc) is 2.48. The van der Waals surface area contributed by atoms with Crippen LogP contribution in [-0.2, 0) is 0 Å². The van der Waals surface area contributed by atoms with Crippen LogP contribution in [0.25, 0.3) is 0 Å². The molecule has 0 bridgehead atoms. The van der Waals surface area contributed by atoms with Gasteiger partial charge in [-0.1, -0.05) is 12.2 Å². The maximum absolute atomic E-state index is 5.81. The maximum atomic E-state index is 5.81. The first kappa shape index (κ1) is 7.32. The van der Waals surface area contributed by atoms with Crippen LogP contribution in [0.3, 0.4) is 0 Å². The zero-order chi connectivity index (χ0) is 7.73. The van der Waals surface area contributed by atoms with Gasteiger partial charge in [-0.05, 0) is 25.3 Å². The molecule has 1 aliphatic carbocycles. The lowest BCUT2D eigenvalue weighted by Crippen LogP contribution is -2.38. The van der Waals surface area contributed by atoms with Gasteiger partial charge in [-0.2, -0.15) is 0 Å². The lowest BCUT2D eigenvalue weighted by molar-refractivity contribution is 0.244. The highest BCUT2D eigenvalue weighted by molar-refractivity contribution is 5.09. The van der Waals surface area contributed by atoms with E-state index in [1.54, 1.807) is 0 Å². The van der Waals surface area contributed by atoms with Crippen molar-refractivity contribution >= 4 is 0 Å². The van der Waals surface area contributed by atoms with Crippen molar-refractivity contribution in [1.29, 1.82) is 0 Å². The molecule has 0 spiro atoms. The third-order valence-corrected chi connectivity index (χ3v) is 3.21. The van der Waals surface area contributed by atoms with Crippen molar-refractivity contribution in [2.75, 3.05) is 19.6 Å². The molecule has 1 saturated heterocycles. The quantitative estimate of drug-likeness (QED) is 0.537. The Labute approximate surface area is 67.8 Å². The molecule has 0 aromatic rings. The zero-order valence-corrected chi connectivity index (χ0v) is 6.84. The predicted molar refractivity (Wildman–Crippen MR) is 46.2 cm³/mol. The summed E-state index contributed by atoms with van der Waals surface area (Å²) in [5.41, 5.74) is 6.22. The Morgan fingerprint density at radius 1 is 1.64 bits per heavy atom. The monoisotopic (exact) mass is 152 g/mol. The summed E-state index contributed by atoms with van der Waals surface area (Å²) in [6.45, 7) is 3.10. The summed E-state index contributed by atoms with van der Waals surface area (Å²) in [7, 11) is 0. The van der Waals surface area contributed by atoms with Gasteiger partial charge in [0, 0.05) is 18.5 Å². The summed E-state index contributed by atoms with van der Waals surface area (Å²) >= 11 is 0. The second-order valence-corrected chi connectivity index (χ2v) is 3.77. The second kappa shape index (κ2) is 2.61. The highest BCUT2D eigenvalue weighted by Crippen LogP contribution is 2.39. The van der Waals surface area contributed by atoms with E-state index in [4.69, 9.17) is 5.73 Å². The molecule has 2 unspecified atom stereocenters. The van der Waals surface area contributed by atoms with E-state index in [1.807, 2.05) is 0 Å². The number of allylic oxidation sites excluding steroid dienone is 1. The van der Waals surface area contributed by atoms with Crippen molar-refractivity contribution in [2.45, 2.75) is 12.8 Å². The van der Waals surface area contributed by atoms with E-state index in [1.165, 1.54) is 12.8 Å². The summed E-state index contributed by atoms with van der Waals surface area (Å²) in [5.74, 6) is 0.709. The summed E-state index contributed by atoms with van der Waals surface area (Å²) < 4.78 is 0. The van der Waals surface area contributed by atoms with Crippen molar-refractivity contribution < 1.29 is 0 Å². The number of fused-ring (bicyclic) bond motifs is 1. The standard InChI is InChI=1S/C9H16N2/c10-6-9-4-2-1-3-8(9)5-11-7-9/h1,3,8,11H,2,4-7,10H2. The molecule has 2 heteroatoms. The van der Waals surface area contributed by atoms with E-state index in [9.17, 15) is 0 Å². The van der Waals surface area contributed by atoms with E-state index in [0.717, 1.165) is 19.6 Å². The van der Waals surface area contributed by atoms with Crippen LogP contribution in [0.15, 0.2) is 12.2 Å². The average molecular weight is 152 g/mol. The van der Waals surface area contributed by atoms with Crippen LogP contribution in [0.2, 0.25) is 0 Å². The van der Waals surface area contributed by atoms with Crippen molar-refractivity contribution in [1.82, 2.24) is 5.32 Å². The molecule has 2 rings (SSSR count). The topological polar surface area (TPSA) is 38.0 Å². The highest BCUT2D eigenvalue weighted by Gasteiger charge is 2.40. The van der Waals surface area contributed by atoms with E-state index in [2.05, 4.69) is 17.5 Å². The summed E-state index contributed by atoms with van der Waals surface area (Å²) in [5, 5.41) is 3.42. The van der Waals surface area contributed by atoms with Crippen LogP contribution in [0.4, 0.5) is 0 Å². The minimum Gasteiger partial charge on any atom is -0.330 e.